The van der Waals surface area contributed by atoms with E-state index < -0.39 is 0 Å². The number of carbonyl (C=O) groups is 1. The predicted molar refractivity (Wildman–Crippen MR) is 23.8 cm³/mol. The lowest BCUT2D eigenvalue weighted by Crippen LogP contribution is -1.84. The summed E-state index contributed by atoms with van der Waals surface area (Å²) < 4.78 is 0. The van der Waals surface area contributed by atoms with Crippen LogP contribution in [0.15, 0.2) is 0 Å². The second kappa shape index (κ2) is 2.47. The van der Waals surface area contributed by atoms with Crippen LogP contribution in [-0.2, 0) is 4.79 Å². The number of rotatable bonds is 1. The molecule has 0 atom stereocenters. The molecule has 0 aliphatic heterocycles. The summed E-state index contributed by atoms with van der Waals surface area (Å²) in [7, 11) is 0. The van der Waals surface area contributed by atoms with Crippen molar-refractivity contribution >= 4 is 5.78 Å². The van der Waals surface area contributed by atoms with Crippen molar-refractivity contribution in [2.75, 3.05) is 0 Å². The van der Waals surface area contributed by atoms with E-state index >= 15 is 0 Å². The molecule has 0 rings (SSSR count). The fourth-order valence-electron chi connectivity index (χ4n) is 0.117. The molecule has 0 heterocycles. The van der Waals surface area contributed by atoms with Gasteiger partial charge in [-0.3, -0.25) is 4.79 Å². The van der Waals surface area contributed by atoms with Crippen LogP contribution < -0.4 is 0 Å². The summed E-state index contributed by atoms with van der Waals surface area (Å²) in [5, 5.41) is 0. The van der Waals surface area contributed by atoms with Gasteiger partial charge in [-0.2, -0.15) is 0 Å². The van der Waals surface area contributed by atoms with Crippen LogP contribution >= 0.6 is 0 Å². The zero-order chi connectivity index (χ0) is 4.99. The normalized spacial score (nSPS) is 6.67. The lowest BCUT2D eigenvalue weighted by molar-refractivity contribution is -0.113. The molecule has 0 aliphatic rings. The number of hydrogen-bond donors (Lipinski definition) is 0. The third-order valence-corrected chi connectivity index (χ3v) is 0.287. The maximum Gasteiger partial charge on any atom is 0.146 e. The molecular weight excluding hydrogens is 76.1 g/mol. The summed E-state index contributed by atoms with van der Waals surface area (Å²) in [4.78, 5) is 9.85. The van der Waals surface area contributed by atoms with Gasteiger partial charge in [0.25, 0.3) is 0 Å². The average molecular weight is 81.1 g/mol. The maximum absolute atomic E-state index is 9.85. The molecule has 31 valence electrons. The first-order valence-corrected chi connectivity index (χ1v) is 1.57. The minimum Gasteiger partial charge on any atom is -0.299 e. The molecule has 0 saturated carbocycles. The Kier molecular flexibility index (Phi) is 2.15. The van der Waals surface area contributed by atoms with Gasteiger partial charge in [-0.15, -0.1) is 6.42 Å². The molecule has 1 heteroatoms. The van der Waals surface area contributed by atoms with Crippen LogP contribution in [0.5, 0.6) is 0 Å². The lowest BCUT2D eigenvalue weighted by Gasteiger charge is -1.71. The molecule has 6 heavy (non-hydrogen) atoms. The summed E-state index contributed by atoms with van der Waals surface area (Å²) in [5.74, 6) is 2.02. The topological polar surface area (TPSA) is 17.1 Å². The van der Waals surface area contributed by atoms with Gasteiger partial charge in [0.05, 0.1) is 6.42 Å². The summed E-state index contributed by atoms with van der Waals surface area (Å²) in [6.07, 6.45) is 5.88. The first-order valence-electron chi connectivity index (χ1n) is 1.57. The standard InChI is InChI=1S/C5H5O/c1-3-4-5(2)6/h1,4H,2H3. The van der Waals surface area contributed by atoms with Crippen molar-refractivity contribution < 1.29 is 4.79 Å². The van der Waals surface area contributed by atoms with Gasteiger partial charge in [0.2, 0.25) is 0 Å². The summed E-state index contributed by atoms with van der Waals surface area (Å²) in [6.45, 7) is 1.42. The molecule has 0 amide bonds. The van der Waals surface area contributed by atoms with E-state index in [0.29, 0.717) is 0 Å². The van der Waals surface area contributed by atoms with Crippen molar-refractivity contribution in [3.63, 3.8) is 0 Å². The van der Waals surface area contributed by atoms with Gasteiger partial charge in [-0.05, 0) is 6.92 Å². The molecule has 0 aromatic carbocycles. The SMILES string of the molecule is C#C[CH]C(C)=O. The van der Waals surface area contributed by atoms with Crippen LogP contribution in [0, 0.1) is 18.8 Å². The van der Waals surface area contributed by atoms with Crippen molar-refractivity contribution in [1.82, 2.24) is 0 Å². The largest absolute Gasteiger partial charge is 0.299 e. The minimum absolute atomic E-state index is 0.0718. The predicted octanol–water partition coefficient (Wildman–Crippen LogP) is 0.413. The monoisotopic (exact) mass is 81.0 g/mol. The molecular formula is C5H5O. The molecule has 0 saturated heterocycles. The average Bonchev–Trinajstić information content (AvgIpc) is 1.35. The Morgan fingerprint density at radius 2 is 2.50 bits per heavy atom. The van der Waals surface area contributed by atoms with Crippen molar-refractivity contribution in [3.05, 3.63) is 6.42 Å². The first-order chi connectivity index (χ1) is 2.77. The summed E-state index contributed by atoms with van der Waals surface area (Å²) in [6, 6.07) is 0. The van der Waals surface area contributed by atoms with E-state index in [2.05, 4.69) is 5.92 Å². The van der Waals surface area contributed by atoms with E-state index in [1.165, 1.54) is 13.3 Å². The Balaban J connectivity index is 3.13. The van der Waals surface area contributed by atoms with Crippen LogP contribution in [0.4, 0.5) is 0 Å². The highest BCUT2D eigenvalue weighted by atomic mass is 16.1. The third kappa shape index (κ3) is 3.23. The van der Waals surface area contributed by atoms with Gasteiger partial charge in [-0.25, -0.2) is 0 Å². The zero-order valence-corrected chi connectivity index (χ0v) is 3.56. The highest BCUT2D eigenvalue weighted by molar-refractivity contribution is 5.87. The van der Waals surface area contributed by atoms with E-state index in [1.54, 1.807) is 0 Å². The molecule has 1 nitrogen and oxygen atoms in total. The Labute approximate surface area is 37.4 Å². The van der Waals surface area contributed by atoms with Crippen molar-refractivity contribution in [2.45, 2.75) is 6.92 Å². The highest BCUT2D eigenvalue weighted by Crippen LogP contribution is 1.70. The van der Waals surface area contributed by atoms with Crippen molar-refractivity contribution in [1.29, 1.82) is 0 Å². The van der Waals surface area contributed by atoms with Gasteiger partial charge in [0.15, 0.2) is 0 Å². The number of hydrogen-bond acceptors (Lipinski definition) is 1. The zero-order valence-electron chi connectivity index (χ0n) is 3.56. The molecule has 0 N–H and O–H groups in total. The maximum atomic E-state index is 9.85. The van der Waals surface area contributed by atoms with Crippen molar-refractivity contribution in [3.8, 4) is 12.3 Å². The van der Waals surface area contributed by atoms with Crippen LogP contribution in [-0.4, -0.2) is 5.78 Å². The molecule has 0 aromatic rings. The number of ketones is 1. The molecule has 0 aliphatic carbocycles. The van der Waals surface area contributed by atoms with E-state index in [-0.39, 0.29) is 5.78 Å². The fourth-order valence-corrected chi connectivity index (χ4v) is 0.117. The van der Waals surface area contributed by atoms with E-state index in [0.717, 1.165) is 0 Å². The fraction of sp³-hybridized carbons (Fsp3) is 0.200. The van der Waals surface area contributed by atoms with E-state index in [4.69, 9.17) is 6.42 Å². The second-order valence-electron chi connectivity index (χ2n) is 0.922. The highest BCUT2D eigenvalue weighted by Gasteiger charge is 1.81. The Bertz CT molecular complexity index is 86.6. The minimum atomic E-state index is -0.0718. The molecule has 0 fully saturated rings. The summed E-state index contributed by atoms with van der Waals surface area (Å²) in [5.41, 5.74) is 0. The quantitative estimate of drug-likeness (QED) is 0.418. The van der Waals surface area contributed by atoms with E-state index in [9.17, 15) is 4.79 Å². The van der Waals surface area contributed by atoms with Crippen LogP contribution in [0.1, 0.15) is 6.92 Å². The molecule has 0 spiro atoms. The van der Waals surface area contributed by atoms with Gasteiger partial charge < -0.3 is 0 Å². The first kappa shape index (κ1) is 5.23. The van der Waals surface area contributed by atoms with Crippen LogP contribution in [0.3, 0.4) is 0 Å². The second-order valence-corrected chi connectivity index (χ2v) is 0.922. The van der Waals surface area contributed by atoms with Gasteiger partial charge in [0.1, 0.15) is 5.78 Å². The molecule has 1 radical (unpaired) electrons. The number of carbonyl (C=O) groups excluding carboxylic acids is 1. The van der Waals surface area contributed by atoms with Crippen LogP contribution in [0.2, 0.25) is 0 Å². The van der Waals surface area contributed by atoms with Gasteiger partial charge in [0, 0.05) is 0 Å². The van der Waals surface area contributed by atoms with E-state index in [1.807, 2.05) is 0 Å². The smallest absolute Gasteiger partial charge is 0.146 e. The van der Waals surface area contributed by atoms with Crippen LogP contribution in [0.25, 0.3) is 0 Å². The Morgan fingerprint density at radius 1 is 2.00 bits per heavy atom. The van der Waals surface area contributed by atoms with Gasteiger partial charge >= 0.3 is 0 Å². The Hall–Kier alpha value is -0.770. The Morgan fingerprint density at radius 3 is 2.50 bits per heavy atom. The molecule has 0 unspecified atom stereocenters. The van der Waals surface area contributed by atoms with Crippen molar-refractivity contribution in [2.24, 2.45) is 0 Å². The van der Waals surface area contributed by atoms with Gasteiger partial charge in [-0.1, -0.05) is 5.92 Å². The third-order valence-electron chi connectivity index (χ3n) is 0.287. The molecule has 0 bridgehead atoms. The molecule has 0 aromatic heterocycles. The number of Topliss-reactive ketones (excluding diaryl/α,β-unsaturated/α-hetero) is 1. The number of terminal acetylenes is 1. The lowest BCUT2D eigenvalue weighted by atomic mass is 10.3. The summed E-state index contributed by atoms with van der Waals surface area (Å²) >= 11 is 0.